The second-order valence-corrected chi connectivity index (χ2v) is 9.88. The van der Waals surface area contributed by atoms with Gasteiger partial charge in [-0.15, -0.1) is 0 Å². The van der Waals surface area contributed by atoms with E-state index in [1.54, 1.807) is 9.80 Å². The Kier molecular flexibility index (Phi) is 9.95. The van der Waals surface area contributed by atoms with Crippen molar-refractivity contribution in [3.8, 4) is 0 Å². The van der Waals surface area contributed by atoms with Gasteiger partial charge in [-0.05, 0) is 58.8 Å². The number of benzene rings is 1. The van der Waals surface area contributed by atoms with Crippen LogP contribution in [0, 0.1) is 3.57 Å². The molecule has 0 radical (unpaired) electrons. The van der Waals surface area contributed by atoms with E-state index in [-0.39, 0.29) is 32.2 Å². The summed E-state index contributed by atoms with van der Waals surface area (Å²) in [5.74, 6) is -2.94. The summed E-state index contributed by atoms with van der Waals surface area (Å²) in [6.45, 7) is 0.906. The van der Waals surface area contributed by atoms with Crippen LogP contribution in [0.25, 0.3) is 0 Å². The Morgan fingerprint density at radius 3 is 2.03 bits per heavy atom. The standard InChI is InChI=1S/C24H29IN4O6/c25-18-6-4-17(5-7-18)10-21-13-28(15-23(32)33)9-8-27(14-22(30)31)11-19-2-1-3-20(26-19)12-29(21)16-24(34)35/h1-7,21H,8-16H2,(H,30,31)(H,32,33)(H,34,35)/t21-/m0/s1. The van der Waals surface area contributed by atoms with E-state index in [9.17, 15) is 29.7 Å². The molecule has 2 aromatic rings. The zero-order valence-electron chi connectivity index (χ0n) is 19.2. The highest BCUT2D eigenvalue weighted by Crippen LogP contribution is 2.17. The molecule has 1 aliphatic rings. The van der Waals surface area contributed by atoms with Crippen LogP contribution in [0.2, 0.25) is 0 Å². The van der Waals surface area contributed by atoms with Gasteiger partial charge in [0.25, 0.3) is 0 Å². The molecule has 1 aliphatic heterocycles. The zero-order chi connectivity index (χ0) is 25.4. The summed E-state index contributed by atoms with van der Waals surface area (Å²) in [6, 6.07) is 13.1. The molecule has 0 unspecified atom stereocenters. The molecular formula is C24H29IN4O6. The van der Waals surface area contributed by atoms with Gasteiger partial charge in [0.05, 0.1) is 31.0 Å². The molecule has 188 valence electrons. The van der Waals surface area contributed by atoms with Crippen LogP contribution in [-0.4, -0.2) is 98.2 Å². The number of fused-ring (bicyclic) bond motifs is 2. The van der Waals surface area contributed by atoms with Gasteiger partial charge in [-0.3, -0.25) is 34.1 Å². The molecule has 0 aliphatic carbocycles. The van der Waals surface area contributed by atoms with Gasteiger partial charge in [0.1, 0.15) is 0 Å². The summed E-state index contributed by atoms with van der Waals surface area (Å²) in [5, 5.41) is 28.5. The molecule has 2 heterocycles. The van der Waals surface area contributed by atoms with Gasteiger partial charge in [0.2, 0.25) is 0 Å². The molecule has 3 rings (SSSR count). The Bertz CT molecular complexity index is 1030. The number of carbonyl (C=O) groups is 3. The van der Waals surface area contributed by atoms with E-state index in [0.29, 0.717) is 44.0 Å². The van der Waals surface area contributed by atoms with Crippen LogP contribution >= 0.6 is 22.6 Å². The lowest BCUT2D eigenvalue weighted by Crippen LogP contribution is -2.50. The second kappa shape index (κ2) is 12.9. The summed E-state index contributed by atoms with van der Waals surface area (Å²) in [7, 11) is 0. The maximum atomic E-state index is 11.8. The number of halogens is 1. The van der Waals surface area contributed by atoms with Crippen molar-refractivity contribution in [2.24, 2.45) is 0 Å². The Labute approximate surface area is 217 Å². The first-order valence-electron chi connectivity index (χ1n) is 11.2. The number of aromatic nitrogens is 1. The molecule has 0 saturated carbocycles. The first-order valence-corrected chi connectivity index (χ1v) is 12.3. The largest absolute Gasteiger partial charge is 0.480 e. The van der Waals surface area contributed by atoms with E-state index in [1.807, 2.05) is 47.4 Å². The van der Waals surface area contributed by atoms with Crippen molar-refractivity contribution in [2.75, 3.05) is 39.3 Å². The molecule has 11 heteroatoms. The monoisotopic (exact) mass is 596 g/mol. The Morgan fingerprint density at radius 2 is 1.40 bits per heavy atom. The van der Waals surface area contributed by atoms with Crippen molar-refractivity contribution in [2.45, 2.75) is 25.6 Å². The lowest BCUT2D eigenvalue weighted by molar-refractivity contribution is -0.141. The van der Waals surface area contributed by atoms with Crippen LogP contribution in [0.15, 0.2) is 42.5 Å². The number of rotatable bonds is 8. The SMILES string of the molecule is O=C(O)CN1CCN(CC(=O)O)C[C@H](Cc2ccc(I)cc2)N(CC(=O)O)Cc2cccc(n2)C1. The normalized spacial score (nSPS) is 18.4. The van der Waals surface area contributed by atoms with Gasteiger partial charge in [-0.25, -0.2) is 0 Å². The summed E-state index contributed by atoms with van der Waals surface area (Å²) in [5.41, 5.74) is 2.37. The van der Waals surface area contributed by atoms with Crippen LogP contribution in [0.5, 0.6) is 0 Å². The smallest absolute Gasteiger partial charge is 0.317 e. The number of hydrogen-bond acceptors (Lipinski definition) is 7. The third kappa shape index (κ3) is 9.17. The third-order valence-corrected chi connectivity index (χ3v) is 6.49. The van der Waals surface area contributed by atoms with Crippen molar-refractivity contribution < 1.29 is 29.7 Å². The molecular weight excluding hydrogens is 567 g/mol. The Balaban J connectivity index is 1.99. The van der Waals surface area contributed by atoms with Crippen LogP contribution in [0.3, 0.4) is 0 Å². The van der Waals surface area contributed by atoms with E-state index in [1.165, 1.54) is 0 Å². The van der Waals surface area contributed by atoms with Crippen LogP contribution < -0.4 is 0 Å². The zero-order valence-corrected chi connectivity index (χ0v) is 21.4. The summed E-state index contributed by atoms with van der Waals surface area (Å²) in [6.07, 6.45) is 0.527. The van der Waals surface area contributed by atoms with Crippen LogP contribution in [0.1, 0.15) is 17.0 Å². The average molecular weight is 596 g/mol. The van der Waals surface area contributed by atoms with Crippen molar-refractivity contribution in [3.63, 3.8) is 0 Å². The van der Waals surface area contributed by atoms with Gasteiger partial charge in [0, 0.05) is 42.3 Å². The quantitative estimate of drug-likeness (QED) is 0.385. The number of pyridine rings is 1. The molecule has 0 fully saturated rings. The minimum atomic E-state index is -0.994. The van der Waals surface area contributed by atoms with E-state index >= 15 is 0 Å². The fourth-order valence-corrected chi connectivity index (χ4v) is 4.60. The van der Waals surface area contributed by atoms with Crippen molar-refractivity contribution in [1.29, 1.82) is 0 Å². The number of aliphatic carboxylic acids is 3. The number of carboxylic acid groups (broad SMARTS) is 3. The maximum Gasteiger partial charge on any atom is 0.317 e. The highest BCUT2D eigenvalue weighted by molar-refractivity contribution is 14.1. The maximum absolute atomic E-state index is 11.8. The molecule has 10 nitrogen and oxygen atoms in total. The fourth-order valence-electron chi connectivity index (χ4n) is 4.24. The molecule has 2 bridgehead atoms. The van der Waals surface area contributed by atoms with Crippen LogP contribution in [0.4, 0.5) is 0 Å². The molecule has 0 spiro atoms. The predicted molar refractivity (Wildman–Crippen MR) is 136 cm³/mol. The first-order chi connectivity index (χ1) is 16.7. The molecule has 3 N–H and O–H groups in total. The number of carboxylic acids is 3. The first kappa shape index (κ1) is 27.0. The summed E-state index contributed by atoms with van der Waals surface area (Å²) in [4.78, 5) is 44.8. The molecule has 1 aromatic heterocycles. The lowest BCUT2D eigenvalue weighted by Gasteiger charge is -2.35. The van der Waals surface area contributed by atoms with E-state index in [0.717, 1.165) is 9.13 Å². The Morgan fingerprint density at radius 1 is 0.829 bits per heavy atom. The van der Waals surface area contributed by atoms with Gasteiger partial charge in [-0.1, -0.05) is 18.2 Å². The molecule has 1 aromatic carbocycles. The summed E-state index contributed by atoms with van der Waals surface area (Å²) < 4.78 is 1.08. The second-order valence-electron chi connectivity index (χ2n) is 8.64. The third-order valence-electron chi connectivity index (χ3n) is 5.77. The van der Waals surface area contributed by atoms with Crippen molar-refractivity contribution in [3.05, 3.63) is 63.0 Å². The minimum Gasteiger partial charge on any atom is -0.480 e. The average Bonchev–Trinajstić information content (AvgIpc) is 2.76. The fraction of sp³-hybridized carbons (Fsp3) is 0.417. The summed E-state index contributed by atoms with van der Waals surface area (Å²) >= 11 is 2.22. The molecule has 1 atom stereocenters. The molecule has 0 saturated heterocycles. The van der Waals surface area contributed by atoms with Gasteiger partial charge in [-0.2, -0.15) is 0 Å². The van der Waals surface area contributed by atoms with Gasteiger partial charge in [0.15, 0.2) is 0 Å². The highest BCUT2D eigenvalue weighted by atomic mass is 127. The van der Waals surface area contributed by atoms with Gasteiger partial charge >= 0.3 is 17.9 Å². The van der Waals surface area contributed by atoms with Gasteiger partial charge < -0.3 is 15.3 Å². The molecule has 35 heavy (non-hydrogen) atoms. The van der Waals surface area contributed by atoms with Crippen molar-refractivity contribution >= 4 is 40.5 Å². The highest BCUT2D eigenvalue weighted by Gasteiger charge is 2.27. The number of hydrogen-bond donors (Lipinski definition) is 3. The topological polar surface area (TPSA) is 135 Å². The number of nitrogens with zero attached hydrogens (tertiary/aromatic N) is 4. The van der Waals surface area contributed by atoms with E-state index in [2.05, 4.69) is 27.6 Å². The van der Waals surface area contributed by atoms with Crippen LogP contribution in [-0.2, 0) is 33.9 Å². The predicted octanol–water partition coefficient (Wildman–Crippen LogP) is 1.47. The van der Waals surface area contributed by atoms with E-state index < -0.39 is 17.9 Å². The molecule has 0 amide bonds. The Hall–Kier alpha value is -2.61. The van der Waals surface area contributed by atoms with E-state index in [4.69, 9.17) is 0 Å². The lowest BCUT2D eigenvalue weighted by atomic mass is 10.0. The van der Waals surface area contributed by atoms with Crippen molar-refractivity contribution in [1.82, 2.24) is 19.7 Å². The minimum absolute atomic E-state index is 0.190.